The Morgan fingerprint density at radius 3 is 2.15 bits per heavy atom. The Morgan fingerprint density at radius 2 is 1.50 bits per heavy atom. The molecule has 4 rings (SSSR count). The number of rotatable bonds is 3. The van der Waals surface area contributed by atoms with E-state index in [1.165, 1.54) is 6.42 Å². The molecule has 136 valence electrons. The van der Waals surface area contributed by atoms with E-state index in [0.717, 1.165) is 63.7 Å². The molecule has 2 fully saturated rings. The molecular weight excluding hydrogens is 328 g/mol. The number of amides is 1. The van der Waals surface area contributed by atoms with Crippen molar-refractivity contribution in [2.75, 3.05) is 49.1 Å². The van der Waals surface area contributed by atoms with Gasteiger partial charge in [-0.2, -0.15) is 0 Å². The third-order valence-corrected chi connectivity index (χ3v) is 5.09. The van der Waals surface area contributed by atoms with E-state index in [1.807, 2.05) is 29.3 Å². The van der Waals surface area contributed by atoms with Crippen LogP contribution in [0, 0.1) is 0 Å². The van der Waals surface area contributed by atoms with Gasteiger partial charge in [-0.05, 0) is 37.5 Å². The number of aromatic nitrogens is 3. The van der Waals surface area contributed by atoms with E-state index in [4.69, 9.17) is 0 Å². The topological polar surface area (TPSA) is 65.5 Å². The van der Waals surface area contributed by atoms with Crippen molar-refractivity contribution in [2.45, 2.75) is 19.3 Å². The van der Waals surface area contributed by atoms with Crippen LogP contribution in [0.5, 0.6) is 0 Å². The highest BCUT2D eigenvalue weighted by atomic mass is 16.2. The minimum atomic E-state index is 0.0577. The third-order valence-electron chi connectivity index (χ3n) is 5.09. The molecule has 0 spiro atoms. The lowest BCUT2D eigenvalue weighted by molar-refractivity contribution is 0.0718. The number of piperidine rings is 1. The van der Waals surface area contributed by atoms with Gasteiger partial charge in [-0.25, -0.2) is 15.0 Å². The van der Waals surface area contributed by atoms with Gasteiger partial charge < -0.3 is 14.7 Å². The number of piperazine rings is 1. The van der Waals surface area contributed by atoms with Crippen molar-refractivity contribution in [3.05, 3.63) is 42.5 Å². The van der Waals surface area contributed by atoms with E-state index >= 15 is 0 Å². The maximum atomic E-state index is 12.5. The van der Waals surface area contributed by atoms with E-state index in [9.17, 15) is 4.79 Å². The van der Waals surface area contributed by atoms with Crippen molar-refractivity contribution in [1.82, 2.24) is 19.9 Å². The summed E-state index contributed by atoms with van der Waals surface area (Å²) >= 11 is 0. The molecule has 1 amide bonds. The molecule has 2 aliphatic heterocycles. The van der Waals surface area contributed by atoms with E-state index in [-0.39, 0.29) is 5.91 Å². The fraction of sp³-hybridized carbons (Fsp3) is 0.474. The van der Waals surface area contributed by atoms with Crippen molar-refractivity contribution >= 4 is 17.5 Å². The standard InChI is InChI=1S/C19H24N6O/c26-18(24-9-2-1-3-10-24)17-6-5-16(15-22-17)23-11-13-25(14-12-23)19-20-7-4-8-21-19/h4-8,15H,1-3,9-14H2. The van der Waals surface area contributed by atoms with Crippen LogP contribution < -0.4 is 9.80 Å². The van der Waals surface area contributed by atoms with Crippen LogP contribution in [0.4, 0.5) is 11.6 Å². The molecule has 7 nitrogen and oxygen atoms in total. The second-order valence-corrected chi connectivity index (χ2v) is 6.78. The number of carbonyl (C=O) groups excluding carboxylic acids is 1. The molecule has 26 heavy (non-hydrogen) atoms. The van der Waals surface area contributed by atoms with Crippen LogP contribution in [0.3, 0.4) is 0 Å². The molecule has 2 aromatic heterocycles. The molecule has 0 aliphatic carbocycles. The first-order valence-electron chi connectivity index (χ1n) is 9.33. The fourth-order valence-corrected chi connectivity index (χ4v) is 3.58. The summed E-state index contributed by atoms with van der Waals surface area (Å²) in [5, 5.41) is 0. The number of likely N-dealkylation sites (tertiary alicyclic amines) is 1. The summed E-state index contributed by atoms with van der Waals surface area (Å²) in [5.74, 6) is 0.843. The average Bonchev–Trinajstić information content (AvgIpc) is 2.75. The first-order chi connectivity index (χ1) is 12.8. The maximum absolute atomic E-state index is 12.5. The summed E-state index contributed by atoms with van der Waals surface area (Å²) in [4.78, 5) is 32.0. The predicted octanol–water partition coefficient (Wildman–Crippen LogP) is 1.82. The molecule has 2 saturated heterocycles. The zero-order valence-electron chi connectivity index (χ0n) is 14.9. The van der Waals surface area contributed by atoms with Crippen molar-refractivity contribution in [2.24, 2.45) is 0 Å². The number of hydrogen-bond acceptors (Lipinski definition) is 6. The van der Waals surface area contributed by atoms with E-state index < -0.39 is 0 Å². The maximum Gasteiger partial charge on any atom is 0.272 e. The van der Waals surface area contributed by atoms with Gasteiger partial charge in [0.15, 0.2) is 0 Å². The second-order valence-electron chi connectivity index (χ2n) is 6.78. The SMILES string of the molecule is O=C(c1ccc(N2CCN(c3ncccn3)CC2)cn1)N1CCCCC1. The predicted molar refractivity (Wildman–Crippen MR) is 100 cm³/mol. The van der Waals surface area contributed by atoms with E-state index in [0.29, 0.717) is 5.69 Å². The summed E-state index contributed by atoms with van der Waals surface area (Å²) in [6, 6.07) is 5.70. The molecule has 0 radical (unpaired) electrons. The van der Waals surface area contributed by atoms with Gasteiger partial charge in [-0.1, -0.05) is 0 Å². The Kier molecular flexibility index (Phi) is 4.95. The lowest BCUT2D eigenvalue weighted by atomic mass is 10.1. The normalized spacial score (nSPS) is 18.1. The van der Waals surface area contributed by atoms with Gasteiger partial charge >= 0.3 is 0 Å². The summed E-state index contributed by atoms with van der Waals surface area (Å²) in [6.45, 7) is 5.23. The minimum Gasteiger partial charge on any atom is -0.367 e. The molecule has 2 aliphatic rings. The summed E-state index contributed by atoms with van der Waals surface area (Å²) in [7, 11) is 0. The highest BCUT2D eigenvalue weighted by Crippen LogP contribution is 2.19. The molecule has 2 aromatic rings. The Morgan fingerprint density at radius 1 is 0.808 bits per heavy atom. The van der Waals surface area contributed by atoms with Gasteiger partial charge in [-0.3, -0.25) is 4.79 Å². The van der Waals surface area contributed by atoms with Gasteiger partial charge in [0.25, 0.3) is 5.91 Å². The van der Waals surface area contributed by atoms with Crippen LogP contribution in [-0.2, 0) is 0 Å². The highest BCUT2D eigenvalue weighted by molar-refractivity contribution is 5.92. The number of carbonyl (C=O) groups is 1. The number of pyridine rings is 1. The zero-order valence-corrected chi connectivity index (χ0v) is 14.9. The zero-order chi connectivity index (χ0) is 17.8. The highest BCUT2D eigenvalue weighted by Gasteiger charge is 2.21. The first-order valence-corrected chi connectivity index (χ1v) is 9.33. The van der Waals surface area contributed by atoms with Gasteiger partial charge in [-0.15, -0.1) is 0 Å². The fourth-order valence-electron chi connectivity index (χ4n) is 3.58. The molecule has 0 saturated carbocycles. The van der Waals surface area contributed by atoms with Gasteiger partial charge in [0, 0.05) is 51.7 Å². The van der Waals surface area contributed by atoms with E-state index in [1.54, 1.807) is 12.4 Å². The summed E-state index contributed by atoms with van der Waals surface area (Å²) < 4.78 is 0. The number of anilines is 2. The number of hydrogen-bond donors (Lipinski definition) is 0. The van der Waals surface area contributed by atoms with Crippen molar-refractivity contribution in [3.63, 3.8) is 0 Å². The van der Waals surface area contributed by atoms with E-state index in [2.05, 4.69) is 24.8 Å². The van der Waals surface area contributed by atoms with Crippen LogP contribution >= 0.6 is 0 Å². The van der Waals surface area contributed by atoms with Crippen LogP contribution in [0.15, 0.2) is 36.8 Å². The lowest BCUT2D eigenvalue weighted by Gasteiger charge is -2.35. The third kappa shape index (κ3) is 3.61. The quantitative estimate of drug-likeness (QED) is 0.840. The van der Waals surface area contributed by atoms with Crippen LogP contribution in [0.2, 0.25) is 0 Å². The molecule has 0 bridgehead atoms. The Balaban J connectivity index is 1.36. The molecule has 0 N–H and O–H groups in total. The first kappa shape index (κ1) is 16.8. The molecule has 7 heteroatoms. The molecule has 0 unspecified atom stereocenters. The summed E-state index contributed by atoms with van der Waals surface area (Å²) in [5.41, 5.74) is 1.61. The van der Waals surface area contributed by atoms with Crippen molar-refractivity contribution < 1.29 is 4.79 Å². The van der Waals surface area contributed by atoms with Gasteiger partial charge in [0.1, 0.15) is 5.69 Å². The molecule has 4 heterocycles. The van der Waals surface area contributed by atoms with Crippen molar-refractivity contribution in [1.29, 1.82) is 0 Å². The largest absolute Gasteiger partial charge is 0.367 e. The Bertz CT molecular complexity index is 721. The second kappa shape index (κ2) is 7.68. The van der Waals surface area contributed by atoms with Crippen LogP contribution in [0.25, 0.3) is 0 Å². The van der Waals surface area contributed by atoms with Crippen molar-refractivity contribution in [3.8, 4) is 0 Å². The van der Waals surface area contributed by atoms with Crippen LogP contribution in [-0.4, -0.2) is 65.0 Å². The smallest absolute Gasteiger partial charge is 0.272 e. The Labute approximate surface area is 153 Å². The Hall–Kier alpha value is -2.70. The summed E-state index contributed by atoms with van der Waals surface area (Å²) in [6.07, 6.45) is 8.79. The van der Waals surface area contributed by atoms with Gasteiger partial charge in [0.2, 0.25) is 5.95 Å². The lowest BCUT2D eigenvalue weighted by Crippen LogP contribution is -2.47. The molecule has 0 aromatic carbocycles. The molecular formula is C19H24N6O. The van der Waals surface area contributed by atoms with Gasteiger partial charge in [0.05, 0.1) is 11.9 Å². The monoisotopic (exact) mass is 352 g/mol. The number of nitrogens with zero attached hydrogens (tertiary/aromatic N) is 6. The minimum absolute atomic E-state index is 0.0577. The average molecular weight is 352 g/mol. The van der Waals surface area contributed by atoms with Crippen LogP contribution in [0.1, 0.15) is 29.8 Å². The molecule has 0 atom stereocenters.